The van der Waals surface area contributed by atoms with Gasteiger partial charge in [0.15, 0.2) is 0 Å². The number of carbonyl (C=O) groups excluding carboxylic acids is 1. The number of amides is 1. The zero-order chi connectivity index (χ0) is 23.5. The Morgan fingerprint density at radius 1 is 1.09 bits per heavy atom. The molecule has 0 unspecified atom stereocenters. The van der Waals surface area contributed by atoms with Crippen LogP contribution in [-0.4, -0.2) is 29.1 Å². The minimum Gasteiger partial charge on any atom is -0.394 e. The number of aliphatic hydroxyl groups is 1. The van der Waals surface area contributed by atoms with Gasteiger partial charge in [0.05, 0.1) is 12.6 Å². The maximum Gasteiger partial charge on any atom is 0.251 e. The molecule has 1 fully saturated rings. The number of benzene rings is 2. The van der Waals surface area contributed by atoms with Crippen LogP contribution in [0.25, 0.3) is 0 Å². The zero-order valence-electron chi connectivity index (χ0n) is 20.7. The van der Waals surface area contributed by atoms with E-state index in [2.05, 4.69) is 43.1 Å². The quantitative estimate of drug-likeness (QED) is 0.563. The minimum atomic E-state index is -0.403. The number of fused-ring (bicyclic) bond motifs is 1. The summed E-state index contributed by atoms with van der Waals surface area (Å²) in [7, 11) is 0. The van der Waals surface area contributed by atoms with Crippen molar-refractivity contribution in [2.75, 3.05) is 13.2 Å². The van der Waals surface area contributed by atoms with Gasteiger partial charge in [0.25, 0.3) is 5.91 Å². The van der Waals surface area contributed by atoms with Gasteiger partial charge in [-0.15, -0.1) is 0 Å². The molecule has 33 heavy (non-hydrogen) atoms. The molecule has 2 aromatic rings. The van der Waals surface area contributed by atoms with Gasteiger partial charge in [-0.3, -0.25) is 9.69 Å². The standard InChI is InChI=1S/C29H40N2O2/c1-19(2)28-26-14-13-24(29(33)30-27(18-32)23-11-7-21(4)8-12-23)15-25(26)17-31(28)16-22-9-5-20(3)6-10-22/h7-8,11-15,19-20,22,27-28,32H,5-6,9-10,16-18H2,1-4H3,(H,30,33)/t20-,22+,27-,28-/m0/s1. The second-order valence-corrected chi connectivity index (χ2v) is 10.8. The van der Waals surface area contributed by atoms with Crippen molar-refractivity contribution < 1.29 is 9.90 Å². The molecule has 1 aliphatic heterocycles. The summed E-state index contributed by atoms with van der Waals surface area (Å²) in [5.41, 5.74) is 5.41. The first kappa shape index (κ1) is 24.0. The summed E-state index contributed by atoms with van der Waals surface area (Å²) >= 11 is 0. The zero-order valence-corrected chi connectivity index (χ0v) is 20.7. The van der Waals surface area contributed by atoms with Crippen LogP contribution in [0.4, 0.5) is 0 Å². The molecule has 2 N–H and O–H groups in total. The predicted molar refractivity (Wildman–Crippen MR) is 134 cm³/mol. The van der Waals surface area contributed by atoms with Gasteiger partial charge in [0, 0.05) is 24.7 Å². The van der Waals surface area contributed by atoms with Crippen molar-refractivity contribution in [3.8, 4) is 0 Å². The van der Waals surface area contributed by atoms with Crippen LogP contribution in [0.1, 0.15) is 91.1 Å². The molecular formula is C29H40N2O2. The normalized spacial score (nSPS) is 24.0. The topological polar surface area (TPSA) is 52.6 Å². The van der Waals surface area contributed by atoms with Gasteiger partial charge < -0.3 is 10.4 Å². The lowest BCUT2D eigenvalue weighted by molar-refractivity contribution is 0.0916. The predicted octanol–water partition coefficient (Wildman–Crippen LogP) is 5.80. The molecule has 1 amide bonds. The summed E-state index contributed by atoms with van der Waals surface area (Å²) in [6.45, 7) is 11.0. The first-order chi connectivity index (χ1) is 15.9. The average Bonchev–Trinajstić information content (AvgIpc) is 3.16. The van der Waals surface area contributed by atoms with Crippen molar-refractivity contribution in [1.29, 1.82) is 0 Å². The van der Waals surface area contributed by atoms with Gasteiger partial charge in [-0.1, -0.05) is 69.5 Å². The van der Waals surface area contributed by atoms with Crippen LogP contribution >= 0.6 is 0 Å². The maximum absolute atomic E-state index is 13.1. The van der Waals surface area contributed by atoms with Crippen LogP contribution in [0, 0.1) is 24.7 Å². The Morgan fingerprint density at radius 3 is 2.42 bits per heavy atom. The number of aliphatic hydroxyl groups excluding tert-OH is 1. The van der Waals surface area contributed by atoms with Crippen molar-refractivity contribution in [2.24, 2.45) is 17.8 Å². The molecule has 2 aliphatic rings. The summed E-state index contributed by atoms with van der Waals surface area (Å²) in [5, 5.41) is 12.9. The van der Waals surface area contributed by atoms with Crippen molar-refractivity contribution >= 4 is 5.91 Å². The summed E-state index contributed by atoms with van der Waals surface area (Å²) in [4.78, 5) is 15.7. The Labute approximate surface area is 199 Å². The summed E-state index contributed by atoms with van der Waals surface area (Å²) < 4.78 is 0. The first-order valence-corrected chi connectivity index (χ1v) is 12.7. The van der Waals surface area contributed by atoms with E-state index in [1.54, 1.807) is 0 Å². The van der Waals surface area contributed by atoms with Gasteiger partial charge in [-0.2, -0.15) is 0 Å². The van der Waals surface area contributed by atoms with E-state index >= 15 is 0 Å². The Hall–Kier alpha value is -2.17. The summed E-state index contributed by atoms with van der Waals surface area (Å²) in [5.74, 6) is 2.08. The SMILES string of the molecule is Cc1ccc([C@H](CO)NC(=O)c2ccc3c(c2)CN(C[C@H]2CC[C@@H](C)CC2)[C@H]3C(C)C)cc1. The van der Waals surface area contributed by atoms with Gasteiger partial charge in [0.2, 0.25) is 0 Å². The van der Waals surface area contributed by atoms with Crippen LogP contribution < -0.4 is 5.32 Å². The third-order valence-corrected chi connectivity index (χ3v) is 7.72. The van der Waals surface area contributed by atoms with E-state index in [0.717, 1.165) is 36.1 Å². The van der Waals surface area contributed by atoms with E-state index < -0.39 is 6.04 Å². The number of hydrogen-bond donors (Lipinski definition) is 2. The molecule has 4 rings (SSSR count). The highest BCUT2D eigenvalue weighted by Crippen LogP contribution is 2.41. The Balaban J connectivity index is 1.47. The Bertz CT molecular complexity index is 945. The van der Waals surface area contributed by atoms with Crippen LogP contribution in [-0.2, 0) is 6.54 Å². The van der Waals surface area contributed by atoms with Crippen LogP contribution in [0.15, 0.2) is 42.5 Å². The second kappa shape index (κ2) is 10.4. The molecule has 4 heteroatoms. The Morgan fingerprint density at radius 2 is 1.79 bits per heavy atom. The molecule has 1 heterocycles. The van der Waals surface area contributed by atoms with Crippen LogP contribution in [0.2, 0.25) is 0 Å². The highest BCUT2D eigenvalue weighted by Gasteiger charge is 2.34. The summed E-state index contributed by atoms with van der Waals surface area (Å²) in [6.07, 6.45) is 5.40. The minimum absolute atomic E-state index is 0.122. The number of aryl methyl sites for hydroxylation is 1. The fourth-order valence-corrected chi connectivity index (χ4v) is 5.76. The van der Waals surface area contributed by atoms with E-state index in [1.165, 1.54) is 36.8 Å². The fourth-order valence-electron chi connectivity index (χ4n) is 5.76. The molecule has 0 aromatic heterocycles. The van der Waals surface area contributed by atoms with Gasteiger partial charge in [-0.25, -0.2) is 0 Å². The number of nitrogens with one attached hydrogen (secondary N) is 1. The molecule has 4 nitrogen and oxygen atoms in total. The second-order valence-electron chi connectivity index (χ2n) is 10.8. The van der Waals surface area contributed by atoms with Gasteiger partial charge in [-0.05, 0) is 66.3 Å². The number of rotatable bonds is 7. The fraction of sp³-hybridized carbons (Fsp3) is 0.552. The van der Waals surface area contributed by atoms with Gasteiger partial charge in [0.1, 0.15) is 0 Å². The molecule has 1 aliphatic carbocycles. The number of hydrogen-bond acceptors (Lipinski definition) is 3. The lowest BCUT2D eigenvalue weighted by Gasteiger charge is -2.34. The highest BCUT2D eigenvalue weighted by atomic mass is 16.3. The van der Waals surface area contributed by atoms with Crippen molar-refractivity contribution in [2.45, 2.75) is 72.0 Å². The number of nitrogens with zero attached hydrogens (tertiary/aromatic N) is 1. The van der Waals surface area contributed by atoms with Crippen molar-refractivity contribution in [1.82, 2.24) is 10.2 Å². The maximum atomic E-state index is 13.1. The smallest absolute Gasteiger partial charge is 0.251 e. The molecule has 0 spiro atoms. The molecule has 2 atom stereocenters. The molecule has 0 bridgehead atoms. The molecule has 1 saturated carbocycles. The van der Waals surface area contributed by atoms with E-state index in [4.69, 9.17) is 0 Å². The van der Waals surface area contributed by atoms with Crippen molar-refractivity contribution in [3.63, 3.8) is 0 Å². The highest BCUT2D eigenvalue weighted by molar-refractivity contribution is 5.94. The first-order valence-electron chi connectivity index (χ1n) is 12.7. The van der Waals surface area contributed by atoms with E-state index in [1.807, 2.05) is 37.3 Å². The third kappa shape index (κ3) is 5.50. The monoisotopic (exact) mass is 448 g/mol. The molecule has 178 valence electrons. The van der Waals surface area contributed by atoms with E-state index in [0.29, 0.717) is 17.5 Å². The number of carbonyl (C=O) groups is 1. The molecule has 0 radical (unpaired) electrons. The van der Waals surface area contributed by atoms with Crippen LogP contribution in [0.5, 0.6) is 0 Å². The molecule has 0 saturated heterocycles. The third-order valence-electron chi connectivity index (χ3n) is 7.72. The average molecular weight is 449 g/mol. The largest absolute Gasteiger partial charge is 0.394 e. The lowest BCUT2D eigenvalue weighted by atomic mass is 9.82. The summed E-state index contributed by atoms with van der Waals surface area (Å²) in [6, 6.07) is 14.2. The van der Waals surface area contributed by atoms with Crippen molar-refractivity contribution in [3.05, 3.63) is 70.3 Å². The lowest BCUT2D eigenvalue weighted by Crippen LogP contribution is -2.32. The Kier molecular flexibility index (Phi) is 7.55. The van der Waals surface area contributed by atoms with Gasteiger partial charge >= 0.3 is 0 Å². The molecule has 2 aromatic carbocycles. The molecular weight excluding hydrogens is 408 g/mol. The van der Waals surface area contributed by atoms with Crippen LogP contribution in [0.3, 0.4) is 0 Å². The van der Waals surface area contributed by atoms with E-state index in [9.17, 15) is 9.90 Å². The van der Waals surface area contributed by atoms with E-state index in [-0.39, 0.29) is 12.5 Å².